The summed E-state index contributed by atoms with van der Waals surface area (Å²) in [5, 5.41) is 6.59. The van der Waals surface area contributed by atoms with Gasteiger partial charge in [0.15, 0.2) is 5.96 Å². The number of hydrogen-bond donors (Lipinski definition) is 2. The molecule has 18 heavy (non-hydrogen) atoms. The molecule has 0 aromatic carbocycles. The van der Waals surface area contributed by atoms with E-state index in [9.17, 15) is 4.79 Å². The number of nitrogens with one attached hydrogen (secondary N) is 2. The Morgan fingerprint density at radius 2 is 2.11 bits per heavy atom. The molecule has 1 aliphatic rings. The highest BCUT2D eigenvalue weighted by Crippen LogP contribution is 2.28. The summed E-state index contributed by atoms with van der Waals surface area (Å²) in [5.74, 6) is 1.48. The molecule has 1 rings (SSSR count). The minimum Gasteiger partial charge on any atom is -0.469 e. The van der Waals surface area contributed by atoms with Gasteiger partial charge in [0.1, 0.15) is 0 Å². The lowest BCUT2D eigenvalue weighted by molar-refractivity contribution is -0.140. The monoisotopic (exact) mass is 369 g/mol. The summed E-state index contributed by atoms with van der Waals surface area (Å²) in [6.07, 6.45) is 3.50. The predicted molar refractivity (Wildman–Crippen MR) is 83.3 cm³/mol. The van der Waals surface area contributed by atoms with Crippen molar-refractivity contribution in [2.45, 2.75) is 38.6 Å². The summed E-state index contributed by atoms with van der Waals surface area (Å²) in [6.45, 7) is 3.05. The van der Waals surface area contributed by atoms with Crippen LogP contribution in [0.5, 0.6) is 0 Å². The zero-order valence-corrected chi connectivity index (χ0v) is 13.7. The van der Waals surface area contributed by atoms with Gasteiger partial charge in [-0.25, -0.2) is 0 Å². The van der Waals surface area contributed by atoms with E-state index in [1.54, 1.807) is 7.05 Å². The third kappa shape index (κ3) is 7.03. The molecule has 0 aromatic heterocycles. The summed E-state index contributed by atoms with van der Waals surface area (Å²) in [7, 11) is 3.19. The van der Waals surface area contributed by atoms with Gasteiger partial charge in [0.05, 0.1) is 7.11 Å². The molecule has 0 amide bonds. The standard InChI is InChI=1S/C12H23N3O2.HI/c1-9-8-10(9)15-12(13-2)14-7-5-4-6-11(16)17-3;/h9-10H,4-8H2,1-3H3,(H2,13,14,15);1H. The highest BCUT2D eigenvalue weighted by molar-refractivity contribution is 14.0. The van der Waals surface area contributed by atoms with E-state index in [0.717, 1.165) is 31.3 Å². The maximum absolute atomic E-state index is 10.9. The number of rotatable bonds is 6. The third-order valence-electron chi connectivity index (χ3n) is 2.98. The predicted octanol–water partition coefficient (Wildman–Crippen LogP) is 1.52. The maximum atomic E-state index is 10.9. The van der Waals surface area contributed by atoms with E-state index in [0.29, 0.717) is 12.5 Å². The number of unbranched alkanes of at least 4 members (excludes halogenated alkanes) is 1. The molecule has 106 valence electrons. The molecule has 1 saturated carbocycles. The Morgan fingerprint density at radius 1 is 1.44 bits per heavy atom. The van der Waals surface area contributed by atoms with Crippen LogP contribution < -0.4 is 10.6 Å². The summed E-state index contributed by atoms with van der Waals surface area (Å²) in [6, 6.07) is 0.580. The average Bonchev–Trinajstić information content (AvgIpc) is 3.02. The number of ether oxygens (including phenoxy) is 1. The van der Waals surface area contributed by atoms with Crippen LogP contribution in [0.15, 0.2) is 4.99 Å². The van der Waals surface area contributed by atoms with Crippen molar-refractivity contribution >= 4 is 35.9 Å². The number of methoxy groups -OCH3 is 1. The number of guanidine groups is 1. The van der Waals surface area contributed by atoms with Crippen molar-refractivity contribution in [3.63, 3.8) is 0 Å². The third-order valence-corrected chi connectivity index (χ3v) is 2.98. The van der Waals surface area contributed by atoms with E-state index in [-0.39, 0.29) is 29.9 Å². The Kier molecular flexibility index (Phi) is 9.13. The van der Waals surface area contributed by atoms with E-state index in [1.807, 2.05) is 0 Å². The van der Waals surface area contributed by atoms with Crippen molar-refractivity contribution in [1.82, 2.24) is 10.6 Å². The number of aliphatic imine (C=N–C) groups is 1. The van der Waals surface area contributed by atoms with Crippen molar-refractivity contribution in [2.75, 3.05) is 20.7 Å². The van der Waals surface area contributed by atoms with Crippen molar-refractivity contribution in [3.05, 3.63) is 0 Å². The Morgan fingerprint density at radius 3 is 2.61 bits per heavy atom. The van der Waals surface area contributed by atoms with Gasteiger partial charge in [-0.15, -0.1) is 24.0 Å². The zero-order chi connectivity index (χ0) is 12.7. The van der Waals surface area contributed by atoms with Crippen LogP contribution in [-0.4, -0.2) is 38.7 Å². The summed E-state index contributed by atoms with van der Waals surface area (Å²) >= 11 is 0. The van der Waals surface area contributed by atoms with Crippen LogP contribution in [0.4, 0.5) is 0 Å². The van der Waals surface area contributed by atoms with Crippen molar-refractivity contribution < 1.29 is 9.53 Å². The fourth-order valence-corrected chi connectivity index (χ4v) is 1.60. The second-order valence-electron chi connectivity index (χ2n) is 4.50. The van der Waals surface area contributed by atoms with Gasteiger partial charge in [0, 0.05) is 26.1 Å². The van der Waals surface area contributed by atoms with Crippen LogP contribution in [0.1, 0.15) is 32.6 Å². The van der Waals surface area contributed by atoms with Gasteiger partial charge in [-0.3, -0.25) is 9.79 Å². The summed E-state index contributed by atoms with van der Waals surface area (Å²) in [5.41, 5.74) is 0. The quantitative estimate of drug-likeness (QED) is 0.245. The lowest BCUT2D eigenvalue weighted by Gasteiger charge is -2.11. The van der Waals surface area contributed by atoms with Crippen LogP contribution in [-0.2, 0) is 9.53 Å². The molecule has 2 N–H and O–H groups in total. The van der Waals surface area contributed by atoms with Crippen LogP contribution in [0.2, 0.25) is 0 Å². The highest BCUT2D eigenvalue weighted by atomic mass is 127. The number of halogens is 1. The van der Waals surface area contributed by atoms with Crippen LogP contribution in [0, 0.1) is 5.92 Å². The largest absolute Gasteiger partial charge is 0.469 e. The maximum Gasteiger partial charge on any atom is 0.305 e. The topological polar surface area (TPSA) is 62.7 Å². The van der Waals surface area contributed by atoms with Gasteiger partial charge < -0.3 is 15.4 Å². The second-order valence-corrected chi connectivity index (χ2v) is 4.50. The van der Waals surface area contributed by atoms with Gasteiger partial charge >= 0.3 is 5.97 Å². The highest BCUT2D eigenvalue weighted by Gasteiger charge is 2.32. The first-order valence-electron chi connectivity index (χ1n) is 6.21. The molecule has 5 nitrogen and oxygen atoms in total. The summed E-state index contributed by atoms with van der Waals surface area (Å²) < 4.78 is 4.58. The molecule has 0 aliphatic heterocycles. The fourth-order valence-electron chi connectivity index (χ4n) is 1.60. The van der Waals surface area contributed by atoms with Crippen molar-refractivity contribution in [1.29, 1.82) is 0 Å². The molecule has 0 aromatic rings. The van der Waals surface area contributed by atoms with E-state index in [2.05, 4.69) is 27.3 Å². The van der Waals surface area contributed by atoms with Crippen LogP contribution in [0.3, 0.4) is 0 Å². The van der Waals surface area contributed by atoms with Crippen molar-refractivity contribution in [2.24, 2.45) is 10.9 Å². The van der Waals surface area contributed by atoms with Gasteiger partial charge in [0.2, 0.25) is 0 Å². The minimum atomic E-state index is -0.140. The molecule has 0 heterocycles. The number of carbonyl (C=O) groups is 1. The molecule has 0 radical (unpaired) electrons. The van der Waals surface area contributed by atoms with Crippen LogP contribution >= 0.6 is 24.0 Å². The number of esters is 1. The molecule has 2 unspecified atom stereocenters. The van der Waals surface area contributed by atoms with E-state index >= 15 is 0 Å². The SMILES string of the molecule is CN=C(NCCCCC(=O)OC)NC1CC1C.I. The first-order valence-corrected chi connectivity index (χ1v) is 6.21. The lowest BCUT2D eigenvalue weighted by atomic mass is 10.2. The lowest BCUT2D eigenvalue weighted by Crippen LogP contribution is -2.39. The summed E-state index contributed by atoms with van der Waals surface area (Å²) in [4.78, 5) is 15.0. The van der Waals surface area contributed by atoms with Gasteiger partial charge in [-0.2, -0.15) is 0 Å². The van der Waals surface area contributed by atoms with Crippen LogP contribution in [0.25, 0.3) is 0 Å². The smallest absolute Gasteiger partial charge is 0.305 e. The molecule has 0 bridgehead atoms. The Balaban J connectivity index is 0.00000289. The molecule has 2 atom stereocenters. The minimum absolute atomic E-state index is 0. The Labute approximate surface area is 126 Å². The van der Waals surface area contributed by atoms with Gasteiger partial charge in [0.25, 0.3) is 0 Å². The Bertz CT molecular complexity index is 284. The molecule has 0 spiro atoms. The fraction of sp³-hybridized carbons (Fsp3) is 0.833. The molecule has 0 saturated heterocycles. The van der Waals surface area contributed by atoms with Crippen molar-refractivity contribution in [3.8, 4) is 0 Å². The zero-order valence-electron chi connectivity index (χ0n) is 11.4. The Hall–Kier alpha value is -0.530. The second kappa shape index (κ2) is 9.41. The van der Waals surface area contributed by atoms with Gasteiger partial charge in [-0.1, -0.05) is 6.92 Å². The first-order chi connectivity index (χ1) is 8.17. The van der Waals surface area contributed by atoms with Gasteiger partial charge in [-0.05, 0) is 25.2 Å². The number of hydrogen-bond acceptors (Lipinski definition) is 3. The van der Waals surface area contributed by atoms with E-state index < -0.39 is 0 Å². The molecule has 1 aliphatic carbocycles. The molecular formula is C12H24IN3O2. The molecular weight excluding hydrogens is 345 g/mol. The molecule has 6 heteroatoms. The average molecular weight is 369 g/mol. The molecule has 1 fully saturated rings. The normalized spacial score (nSPS) is 21.8. The first kappa shape index (κ1) is 17.5. The number of nitrogens with zero attached hydrogens (tertiary/aromatic N) is 1. The van der Waals surface area contributed by atoms with E-state index in [1.165, 1.54) is 13.5 Å². The number of carbonyl (C=O) groups excluding carboxylic acids is 1. The van der Waals surface area contributed by atoms with E-state index in [4.69, 9.17) is 0 Å².